The number of nitrogens with two attached hydrogens (primary N) is 1. The van der Waals surface area contributed by atoms with Gasteiger partial charge < -0.3 is 10.5 Å². The summed E-state index contributed by atoms with van der Waals surface area (Å²) in [5, 5.41) is 0. The molecule has 1 aliphatic rings. The van der Waals surface area contributed by atoms with Crippen LogP contribution in [-0.4, -0.2) is 37.2 Å². The zero-order chi connectivity index (χ0) is 13.7. The maximum absolute atomic E-state index is 5.71. The first-order chi connectivity index (χ1) is 9.24. The fourth-order valence-corrected chi connectivity index (χ4v) is 2.60. The summed E-state index contributed by atoms with van der Waals surface area (Å²) in [6.45, 7) is 8.92. The predicted molar refractivity (Wildman–Crippen MR) is 79.2 cm³/mol. The summed E-state index contributed by atoms with van der Waals surface area (Å²) in [5.41, 5.74) is 8.42. The van der Waals surface area contributed by atoms with Crippen LogP contribution in [0.1, 0.15) is 37.3 Å². The molecule has 1 aromatic rings. The molecule has 2 atom stereocenters. The molecule has 0 aliphatic carbocycles. The molecule has 3 heteroatoms. The van der Waals surface area contributed by atoms with Gasteiger partial charge in [-0.1, -0.05) is 38.1 Å². The van der Waals surface area contributed by atoms with Gasteiger partial charge in [-0.15, -0.1) is 0 Å². The number of nitrogens with zero attached hydrogens (tertiary/aromatic N) is 1. The van der Waals surface area contributed by atoms with Crippen LogP contribution in [0.3, 0.4) is 0 Å². The summed E-state index contributed by atoms with van der Waals surface area (Å²) in [4.78, 5) is 2.53. The Hall–Kier alpha value is -0.900. The Morgan fingerprint density at radius 2 is 2.11 bits per heavy atom. The quantitative estimate of drug-likeness (QED) is 0.885. The van der Waals surface area contributed by atoms with Gasteiger partial charge in [-0.05, 0) is 30.0 Å². The topological polar surface area (TPSA) is 38.5 Å². The molecule has 2 N–H and O–H groups in total. The number of benzene rings is 1. The van der Waals surface area contributed by atoms with Crippen LogP contribution >= 0.6 is 0 Å². The van der Waals surface area contributed by atoms with Crippen LogP contribution < -0.4 is 5.73 Å². The molecule has 2 rings (SSSR count). The van der Waals surface area contributed by atoms with Crippen molar-refractivity contribution >= 4 is 0 Å². The molecule has 1 heterocycles. The fourth-order valence-electron chi connectivity index (χ4n) is 2.60. The van der Waals surface area contributed by atoms with Crippen molar-refractivity contribution in [3.05, 3.63) is 35.4 Å². The van der Waals surface area contributed by atoms with Crippen LogP contribution in [0, 0.1) is 0 Å². The minimum atomic E-state index is 0.445. The third-order valence-electron chi connectivity index (χ3n) is 4.11. The Labute approximate surface area is 116 Å². The molecule has 0 amide bonds. The highest BCUT2D eigenvalue weighted by molar-refractivity contribution is 5.25. The second-order valence-electron chi connectivity index (χ2n) is 5.49. The van der Waals surface area contributed by atoms with E-state index < -0.39 is 0 Å². The minimum Gasteiger partial charge on any atom is -0.378 e. The third kappa shape index (κ3) is 3.78. The first kappa shape index (κ1) is 14.5. The largest absolute Gasteiger partial charge is 0.378 e. The molecule has 2 unspecified atom stereocenters. The average Bonchev–Trinajstić information content (AvgIpc) is 2.48. The van der Waals surface area contributed by atoms with E-state index in [1.807, 2.05) is 0 Å². The molecular formula is C16H26N2O. The number of morpholine rings is 1. The Bertz CT molecular complexity index is 377. The lowest BCUT2D eigenvalue weighted by molar-refractivity contribution is -0.0127. The van der Waals surface area contributed by atoms with Crippen molar-refractivity contribution in [3.63, 3.8) is 0 Å². The summed E-state index contributed by atoms with van der Waals surface area (Å²) >= 11 is 0. The van der Waals surface area contributed by atoms with E-state index >= 15 is 0 Å². The van der Waals surface area contributed by atoms with Gasteiger partial charge in [0.2, 0.25) is 0 Å². The van der Waals surface area contributed by atoms with Crippen LogP contribution in [0.25, 0.3) is 0 Å². The van der Waals surface area contributed by atoms with E-state index in [0.29, 0.717) is 18.5 Å². The summed E-state index contributed by atoms with van der Waals surface area (Å²) in [6.07, 6.45) is 1.16. The Kier molecular flexibility index (Phi) is 5.37. The number of hydrogen-bond donors (Lipinski definition) is 1. The van der Waals surface area contributed by atoms with E-state index in [4.69, 9.17) is 10.5 Å². The van der Waals surface area contributed by atoms with Gasteiger partial charge in [-0.25, -0.2) is 0 Å². The molecule has 0 spiro atoms. The van der Waals surface area contributed by atoms with Crippen molar-refractivity contribution in [1.82, 2.24) is 4.90 Å². The highest BCUT2D eigenvalue weighted by Crippen LogP contribution is 2.18. The molecule has 0 bridgehead atoms. The molecule has 0 radical (unpaired) electrons. The average molecular weight is 262 g/mol. The van der Waals surface area contributed by atoms with E-state index in [-0.39, 0.29) is 0 Å². The highest BCUT2D eigenvalue weighted by Gasteiger charge is 2.21. The smallest absolute Gasteiger partial charge is 0.0622 e. The second-order valence-corrected chi connectivity index (χ2v) is 5.49. The lowest BCUT2D eigenvalue weighted by Crippen LogP contribution is -2.44. The van der Waals surface area contributed by atoms with Crippen LogP contribution in [0.2, 0.25) is 0 Å². The van der Waals surface area contributed by atoms with Crippen LogP contribution in [0.5, 0.6) is 0 Å². The molecule has 0 saturated carbocycles. The molecule has 1 aromatic carbocycles. The van der Waals surface area contributed by atoms with Crippen molar-refractivity contribution in [2.24, 2.45) is 5.73 Å². The van der Waals surface area contributed by atoms with Crippen LogP contribution in [0.15, 0.2) is 24.3 Å². The Morgan fingerprint density at radius 3 is 2.74 bits per heavy atom. The van der Waals surface area contributed by atoms with Gasteiger partial charge in [-0.3, -0.25) is 4.90 Å². The molecular weight excluding hydrogens is 236 g/mol. The van der Waals surface area contributed by atoms with Gasteiger partial charge in [0.1, 0.15) is 0 Å². The zero-order valence-corrected chi connectivity index (χ0v) is 12.1. The summed E-state index contributed by atoms with van der Waals surface area (Å²) < 4.78 is 5.55. The van der Waals surface area contributed by atoms with Crippen LogP contribution in [0.4, 0.5) is 0 Å². The molecule has 1 saturated heterocycles. The maximum Gasteiger partial charge on any atom is 0.0622 e. The van der Waals surface area contributed by atoms with Crippen LogP contribution in [-0.2, 0) is 11.3 Å². The Morgan fingerprint density at radius 1 is 1.37 bits per heavy atom. The van der Waals surface area contributed by atoms with Gasteiger partial charge in [0, 0.05) is 19.1 Å². The molecule has 3 nitrogen and oxygen atoms in total. The lowest BCUT2D eigenvalue weighted by Gasteiger charge is -2.35. The maximum atomic E-state index is 5.71. The third-order valence-corrected chi connectivity index (χ3v) is 4.11. The normalized spacial score (nSPS) is 22.4. The van der Waals surface area contributed by atoms with E-state index in [1.165, 1.54) is 11.1 Å². The van der Waals surface area contributed by atoms with Gasteiger partial charge >= 0.3 is 0 Å². The number of ether oxygens (including phenoxy) is 1. The van der Waals surface area contributed by atoms with Gasteiger partial charge in [0.05, 0.1) is 13.2 Å². The standard InChI is InChI=1S/C16H26N2O/c1-3-16-12-19-9-8-18(16)11-14-4-6-15(7-5-14)13(2)10-17/h4-7,13,16H,3,8-12,17H2,1-2H3. The summed E-state index contributed by atoms with van der Waals surface area (Å²) in [7, 11) is 0. The minimum absolute atomic E-state index is 0.445. The zero-order valence-electron chi connectivity index (χ0n) is 12.1. The van der Waals surface area contributed by atoms with Crippen molar-refractivity contribution in [1.29, 1.82) is 0 Å². The molecule has 0 aromatic heterocycles. The fraction of sp³-hybridized carbons (Fsp3) is 0.625. The molecule has 19 heavy (non-hydrogen) atoms. The van der Waals surface area contributed by atoms with E-state index in [9.17, 15) is 0 Å². The van der Waals surface area contributed by atoms with Crippen molar-refractivity contribution in [3.8, 4) is 0 Å². The summed E-state index contributed by atoms with van der Waals surface area (Å²) in [5.74, 6) is 0.445. The first-order valence-electron chi connectivity index (χ1n) is 7.35. The van der Waals surface area contributed by atoms with E-state index in [2.05, 4.69) is 43.0 Å². The first-order valence-corrected chi connectivity index (χ1v) is 7.35. The molecule has 1 fully saturated rings. The summed E-state index contributed by atoms with van der Waals surface area (Å²) in [6, 6.07) is 9.48. The second kappa shape index (κ2) is 7.04. The number of rotatable bonds is 5. The molecule has 1 aliphatic heterocycles. The van der Waals surface area contributed by atoms with Gasteiger partial charge in [-0.2, -0.15) is 0 Å². The van der Waals surface area contributed by atoms with Gasteiger partial charge in [0.25, 0.3) is 0 Å². The van der Waals surface area contributed by atoms with Crippen molar-refractivity contribution in [2.45, 2.75) is 38.8 Å². The monoisotopic (exact) mass is 262 g/mol. The predicted octanol–water partition coefficient (Wildman–Crippen LogP) is 2.36. The number of hydrogen-bond acceptors (Lipinski definition) is 3. The van der Waals surface area contributed by atoms with Crippen molar-refractivity contribution < 1.29 is 4.74 Å². The van der Waals surface area contributed by atoms with Gasteiger partial charge in [0.15, 0.2) is 0 Å². The SMILES string of the molecule is CCC1COCCN1Cc1ccc(C(C)CN)cc1. The van der Waals surface area contributed by atoms with E-state index in [1.54, 1.807) is 0 Å². The van der Waals surface area contributed by atoms with E-state index in [0.717, 1.165) is 32.7 Å². The highest BCUT2D eigenvalue weighted by atomic mass is 16.5. The lowest BCUT2D eigenvalue weighted by atomic mass is 10.00. The Balaban J connectivity index is 1.98. The molecule has 106 valence electrons. The van der Waals surface area contributed by atoms with Crippen molar-refractivity contribution in [2.75, 3.05) is 26.3 Å².